The number of amides is 1. The number of rotatable bonds is 7. The maximum atomic E-state index is 12.2. The van der Waals surface area contributed by atoms with Gasteiger partial charge < -0.3 is 20.4 Å². The van der Waals surface area contributed by atoms with Crippen LogP contribution in [-0.4, -0.2) is 58.0 Å². The van der Waals surface area contributed by atoms with Crippen molar-refractivity contribution in [2.75, 3.05) is 26.2 Å². The van der Waals surface area contributed by atoms with Crippen LogP contribution in [0.5, 0.6) is 0 Å². The molecule has 0 saturated heterocycles. The third kappa shape index (κ3) is 3.15. The van der Waals surface area contributed by atoms with Gasteiger partial charge in [0.1, 0.15) is 0 Å². The zero-order valence-electron chi connectivity index (χ0n) is 12.4. The van der Waals surface area contributed by atoms with Gasteiger partial charge in [-0.15, -0.1) is 0 Å². The van der Waals surface area contributed by atoms with E-state index in [1.165, 1.54) is 11.8 Å². The Bertz CT molecular complexity index is 586. The normalized spacial score (nSPS) is 18.2. The molecule has 7 heteroatoms. The molecule has 2 rings (SSSR count). The smallest absolute Gasteiger partial charge is 0.290 e. The lowest BCUT2D eigenvalue weighted by Crippen LogP contribution is -2.86. The van der Waals surface area contributed by atoms with Crippen LogP contribution < -0.4 is 5.32 Å². The highest BCUT2D eigenvalue weighted by atomic mass is 16.3. The maximum absolute atomic E-state index is 12.2. The Balaban J connectivity index is 2.28. The van der Waals surface area contributed by atoms with Gasteiger partial charge in [0.25, 0.3) is 5.91 Å². The first-order chi connectivity index (χ1) is 10.6. The molecule has 7 nitrogen and oxygen atoms in total. The van der Waals surface area contributed by atoms with Gasteiger partial charge in [-0.3, -0.25) is 14.6 Å². The van der Waals surface area contributed by atoms with Crippen LogP contribution in [0.4, 0.5) is 0 Å². The van der Waals surface area contributed by atoms with Crippen molar-refractivity contribution in [1.29, 1.82) is 0 Å². The summed E-state index contributed by atoms with van der Waals surface area (Å²) in [7, 11) is 0. The van der Waals surface area contributed by atoms with Crippen LogP contribution in [0.3, 0.4) is 0 Å². The zero-order valence-corrected chi connectivity index (χ0v) is 12.4. The Hall–Kier alpha value is -2.25. The summed E-state index contributed by atoms with van der Waals surface area (Å²) in [5.74, 6) is -1.36. The van der Waals surface area contributed by atoms with Crippen molar-refractivity contribution in [3.63, 3.8) is 0 Å². The molecule has 118 valence electrons. The summed E-state index contributed by atoms with van der Waals surface area (Å²) in [6, 6.07) is 2.89. The largest absolute Gasteiger partial charge is 0.503 e. The van der Waals surface area contributed by atoms with Crippen LogP contribution in [0.15, 0.2) is 35.9 Å². The van der Waals surface area contributed by atoms with E-state index in [9.17, 15) is 14.7 Å². The SMILES string of the molecule is CC(=O)C1=C(O)C(=O)N(CC[NH2+]CCO)[C@@H]1c1cccnc1. The molecule has 2 heterocycles. The number of aromatic nitrogens is 1. The van der Waals surface area contributed by atoms with Gasteiger partial charge >= 0.3 is 0 Å². The van der Waals surface area contributed by atoms with Crippen LogP contribution >= 0.6 is 0 Å². The number of carbonyl (C=O) groups excluding carboxylic acids is 2. The standard InChI is InChI=1S/C15H19N3O4/c1-10(20)12-13(11-3-2-4-17-9-11)18(15(22)14(12)21)7-5-16-6-8-19/h2-4,9,13,16,19,21H,5-8H2,1H3/p+1/t13-/m1/s1. The van der Waals surface area contributed by atoms with Gasteiger partial charge in [-0.2, -0.15) is 0 Å². The maximum Gasteiger partial charge on any atom is 0.290 e. The number of aliphatic hydroxyl groups is 2. The van der Waals surface area contributed by atoms with Crippen LogP contribution in [0, 0.1) is 0 Å². The molecule has 0 unspecified atom stereocenters. The van der Waals surface area contributed by atoms with E-state index in [0.29, 0.717) is 25.2 Å². The molecule has 1 aliphatic rings. The van der Waals surface area contributed by atoms with Crippen molar-refractivity contribution in [3.8, 4) is 0 Å². The van der Waals surface area contributed by atoms with E-state index >= 15 is 0 Å². The lowest BCUT2D eigenvalue weighted by Gasteiger charge is -2.25. The molecule has 0 spiro atoms. The number of quaternary nitrogens is 1. The minimum Gasteiger partial charge on any atom is -0.503 e. The highest BCUT2D eigenvalue weighted by Gasteiger charge is 2.42. The fourth-order valence-electron chi connectivity index (χ4n) is 2.59. The summed E-state index contributed by atoms with van der Waals surface area (Å²) in [5.41, 5.74) is 0.799. The summed E-state index contributed by atoms with van der Waals surface area (Å²) in [4.78, 5) is 29.6. The minimum atomic E-state index is -0.610. The molecule has 0 saturated carbocycles. The number of carbonyl (C=O) groups is 2. The first-order valence-corrected chi connectivity index (χ1v) is 7.15. The number of aliphatic hydroxyl groups excluding tert-OH is 2. The van der Waals surface area contributed by atoms with Gasteiger partial charge in [0.15, 0.2) is 11.5 Å². The highest BCUT2D eigenvalue weighted by Crippen LogP contribution is 2.36. The summed E-state index contributed by atoms with van der Waals surface area (Å²) >= 11 is 0. The van der Waals surface area contributed by atoms with Gasteiger partial charge in [-0.05, 0) is 18.6 Å². The third-order valence-corrected chi connectivity index (χ3v) is 3.59. The predicted octanol–water partition coefficient (Wildman–Crippen LogP) is -1.08. The summed E-state index contributed by atoms with van der Waals surface area (Å²) in [6.07, 6.45) is 3.20. The predicted molar refractivity (Wildman–Crippen MR) is 77.8 cm³/mol. The van der Waals surface area contributed by atoms with Crippen molar-refractivity contribution >= 4 is 11.7 Å². The van der Waals surface area contributed by atoms with Gasteiger partial charge in [-0.1, -0.05) is 6.07 Å². The summed E-state index contributed by atoms with van der Waals surface area (Å²) < 4.78 is 0. The fraction of sp³-hybridized carbons (Fsp3) is 0.400. The van der Waals surface area contributed by atoms with Crippen molar-refractivity contribution in [2.45, 2.75) is 13.0 Å². The second-order valence-electron chi connectivity index (χ2n) is 5.10. The van der Waals surface area contributed by atoms with Crippen molar-refractivity contribution in [1.82, 2.24) is 9.88 Å². The van der Waals surface area contributed by atoms with E-state index in [0.717, 1.165) is 0 Å². The number of nitrogens with zero attached hydrogens (tertiary/aromatic N) is 2. The topological polar surface area (TPSA) is 107 Å². The van der Waals surface area contributed by atoms with Crippen LogP contribution in [0.25, 0.3) is 0 Å². The Morgan fingerprint density at radius 1 is 1.45 bits per heavy atom. The average molecular weight is 306 g/mol. The molecule has 0 aromatic carbocycles. The number of hydrogen-bond donors (Lipinski definition) is 3. The molecule has 0 fully saturated rings. The Kier molecular flexibility index (Phi) is 5.24. The molecule has 22 heavy (non-hydrogen) atoms. The second kappa shape index (κ2) is 7.15. The molecule has 0 aliphatic carbocycles. The number of nitrogens with two attached hydrogens (primary N) is 1. The van der Waals surface area contributed by atoms with Crippen LogP contribution in [-0.2, 0) is 9.59 Å². The van der Waals surface area contributed by atoms with E-state index in [1.54, 1.807) is 24.5 Å². The molecule has 1 aromatic heterocycles. The molecular weight excluding hydrogens is 286 g/mol. The van der Waals surface area contributed by atoms with E-state index in [2.05, 4.69) is 4.98 Å². The lowest BCUT2D eigenvalue weighted by atomic mass is 9.98. The minimum absolute atomic E-state index is 0.0577. The quantitative estimate of drug-likeness (QED) is 0.556. The van der Waals surface area contributed by atoms with Gasteiger partial charge in [-0.25, -0.2) is 0 Å². The fourth-order valence-corrected chi connectivity index (χ4v) is 2.59. The molecule has 1 amide bonds. The number of pyridine rings is 1. The zero-order chi connectivity index (χ0) is 16.1. The van der Waals surface area contributed by atoms with E-state index in [4.69, 9.17) is 5.11 Å². The van der Waals surface area contributed by atoms with Gasteiger partial charge in [0.05, 0.1) is 37.9 Å². The molecule has 1 atom stereocenters. The molecule has 1 aliphatic heterocycles. The van der Waals surface area contributed by atoms with Gasteiger partial charge in [0.2, 0.25) is 0 Å². The van der Waals surface area contributed by atoms with Crippen molar-refractivity contribution in [2.24, 2.45) is 0 Å². The third-order valence-electron chi connectivity index (χ3n) is 3.59. The summed E-state index contributed by atoms with van der Waals surface area (Å²) in [5, 5.41) is 20.7. The molecule has 0 bridgehead atoms. The Morgan fingerprint density at radius 3 is 2.82 bits per heavy atom. The molecule has 0 radical (unpaired) electrons. The second-order valence-corrected chi connectivity index (χ2v) is 5.10. The van der Waals surface area contributed by atoms with Crippen molar-refractivity contribution < 1.29 is 25.1 Å². The lowest BCUT2D eigenvalue weighted by molar-refractivity contribution is -0.655. The highest BCUT2D eigenvalue weighted by molar-refractivity contribution is 6.08. The summed E-state index contributed by atoms with van der Waals surface area (Å²) in [6.45, 7) is 2.87. The average Bonchev–Trinajstić information content (AvgIpc) is 2.77. The van der Waals surface area contributed by atoms with E-state index in [1.807, 2.05) is 5.32 Å². The molecule has 1 aromatic rings. The van der Waals surface area contributed by atoms with Gasteiger partial charge in [0, 0.05) is 12.4 Å². The van der Waals surface area contributed by atoms with Crippen LogP contribution in [0.1, 0.15) is 18.5 Å². The van der Waals surface area contributed by atoms with Crippen molar-refractivity contribution in [3.05, 3.63) is 41.4 Å². The molecule has 4 N–H and O–H groups in total. The first-order valence-electron chi connectivity index (χ1n) is 7.15. The Morgan fingerprint density at radius 2 is 2.23 bits per heavy atom. The monoisotopic (exact) mass is 306 g/mol. The van der Waals surface area contributed by atoms with E-state index < -0.39 is 17.7 Å². The number of ketones is 1. The molecular formula is C15H20N3O4+. The van der Waals surface area contributed by atoms with Crippen LogP contribution in [0.2, 0.25) is 0 Å². The Labute approximate surface area is 128 Å². The number of Topliss-reactive ketones (excluding diaryl/α,β-unsaturated/α-hetero) is 1. The van der Waals surface area contributed by atoms with E-state index in [-0.39, 0.29) is 18.0 Å². The first kappa shape index (κ1) is 16.1. The number of hydrogen-bond acceptors (Lipinski definition) is 5.